The van der Waals surface area contributed by atoms with E-state index >= 15 is 0 Å². The first-order chi connectivity index (χ1) is 11.8. The fourth-order valence-electron chi connectivity index (χ4n) is 2.85. The number of pyridine rings is 1. The van der Waals surface area contributed by atoms with Crippen molar-refractivity contribution in [3.8, 4) is 22.9 Å². The molecule has 0 N–H and O–H groups in total. The first kappa shape index (κ1) is 13.4. The standard InChI is InChI=1S/C18H14N4O2/c1-10-3-2-4-12(7-10)16-20-21-17(23-16)13-8-14-15(11-5-6-11)22-24-18(14)19-9-13/h2-4,7-9,11H,5-6H2,1H3. The molecule has 0 atom stereocenters. The van der Waals surface area contributed by atoms with Crippen LogP contribution in [-0.4, -0.2) is 20.3 Å². The van der Waals surface area contributed by atoms with E-state index in [1.54, 1.807) is 6.20 Å². The Labute approximate surface area is 137 Å². The average molecular weight is 318 g/mol. The highest BCUT2D eigenvalue weighted by atomic mass is 16.5. The number of benzene rings is 1. The van der Waals surface area contributed by atoms with Crippen LogP contribution in [0.5, 0.6) is 0 Å². The van der Waals surface area contributed by atoms with E-state index in [9.17, 15) is 0 Å². The molecule has 1 saturated carbocycles. The lowest BCUT2D eigenvalue weighted by atomic mass is 10.1. The Morgan fingerprint density at radius 1 is 1.04 bits per heavy atom. The van der Waals surface area contributed by atoms with Gasteiger partial charge in [-0.2, -0.15) is 0 Å². The van der Waals surface area contributed by atoms with Gasteiger partial charge in [-0.3, -0.25) is 0 Å². The number of nitrogens with zero attached hydrogens (tertiary/aromatic N) is 4. The number of aromatic nitrogens is 4. The molecule has 3 aromatic heterocycles. The molecule has 24 heavy (non-hydrogen) atoms. The Balaban J connectivity index is 1.56. The molecule has 1 aliphatic rings. The lowest BCUT2D eigenvalue weighted by Gasteiger charge is -1.97. The van der Waals surface area contributed by atoms with E-state index in [-0.39, 0.29) is 0 Å². The van der Waals surface area contributed by atoms with E-state index in [1.807, 2.05) is 37.3 Å². The zero-order chi connectivity index (χ0) is 16.1. The minimum Gasteiger partial charge on any atom is -0.416 e. The van der Waals surface area contributed by atoms with Crippen LogP contribution < -0.4 is 0 Å². The molecule has 0 unspecified atom stereocenters. The van der Waals surface area contributed by atoms with E-state index in [4.69, 9.17) is 8.94 Å². The molecule has 6 nitrogen and oxygen atoms in total. The Bertz CT molecular complexity index is 1050. The quantitative estimate of drug-likeness (QED) is 0.565. The van der Waals surface area contributed by atoms with Gasteiger partial charge in [0.15, 0.2) is 0 Å². The summed E-state index contributed by atoms with van der Waals surface area (Å²) >= 11 is 0. The Hall–Kier alpha value is -3.02. The van der Waals surface area contributed by atoms with Crippen LogP contribution >= 0.6 is 0 Å². The van der Waals surface area contributed by atoms with Crippen LogP contribution in [0.2, 0.25) is 0 Å². The largest absolute Gasteiger partial charge is 0.416 e. The molecule has 0 amide bonds. The fraction of sp³-hybridized carbons (Fsp3) is 0.222. The Morgan fingerprint density at radius 2 is 1.88 bits per heavy atom. The van der Waals surface area contributed by atoms with Gasteiger partial charge in [-0.25, -0.2) is 4.98 Å². The second-order valence-electron chi connectivity index (χ2n) is 6.20. The van der Waals surface area contributed by atoms with E-state index in [0.717, 1.165) is 40.6 Å². The van der Waals surface area contributed by atoms with E-state index < -0.39 is 0 Å². The topological polar surface area (TPSA) is 77.8 Å². The Kier molecular flexibility index (Phi) is 2.79. The summed E-state index contributed by atoms with van der Waals surface area (Å²) in [4.78, 5) is 4.33. The van der Waals surface area contributed by atoms with Crippen molar-refractivity contribution in [2.75, 3.05) is 0 Å². The molecule has 0 aliphatic heterocycles. The molecule has 1 fully saturated rings. The highest BCUT2D eigenvalue weighted by Gasteiger charge is 2.29. The maximum Gasteiger partial charge on any atom is 0.257 e. The molecule has 1 aliphatic carbocycles. The second kappa shape index (κ2) is 4.99. The molecule has 5 rings (SSSR count). The summed E-state index contributed by atoms with van der Waals surface area (Å²) in [5.74, 6) is 1.44. The summed E-state index contributed by atoms with van der Waals surface area (Å²) in [5.41, 5.74) is 4.37. The normalized spacial score (nSPS) is 14.4. The predicted molar refractivity (Wildman–Crippen MR) is 87.2 cm³/mol. The smallest absolute Gasteiger partial charge is 0.257 e. The zero-order valence-electron chi connectivity index (χ0n) is 13.1. The number of fused-ring (bicyclic) bond motifs is 1. The first-order valence-electron chi connectivity index (χ1n) is 7.94. The van der Waals surface area contributed by atoms with Gasteiger partial charge in [0.2, 0.25) is 11.8 Å². The van der Waals surface area contributed by atoms with Crippen molar-refractivity contribution in [2.45, 2.75) is 25.7 Å². The van der Waals surface area contributed by atoms with Gasteiger partial charge < -0.3 is 8.94 Å². The number of hydrogen-bond donors (Lipinski definition) is 0. The molecular formula is C18H14N4O2. The van der Waals surface area contributed by atoms with Crippen LogP contribution in [0.25, 0.3) is 34.0 Å². The van der Waals surface area contributed by atoms with Gasteiger partial charge in [0, 0.05) is 17.7 Å². The summed E-state index contributed by atoms with van der Waals surface area (Å²) in [6, 6.07) is 9.95. The van der Waals surface area contributed by atoms with Crippen molar-refractivity contribution in [1.29, 1.82) is 0 Å². The summed E-state index contributed by atoms with van der Waals surface area (Å²) in [6.07, 6.45) is 3.99. The Morgan fingerprint density at radius 3 is 2.67 bits per heavy atom. The lowest BCUT2D eigenvalue weighted by molar-refractivity contribution is 0.439. The second-order valence-corrected chi connectivity index (χ2v) is 6.20. The van der Waals surface area contributed by atoms with Crippen molar-refractivity contribution >= 4 is 11.1 Å². The molecule has 6 heteroatoms. The van der Waals surface area contributed by atoms with Crippen LogP contribution in [0, 0.1) is 6.92 Å². The number of rotatable bonds is 3. The minimum atomic E-state index is 0.448. The van der Waals surface area contributed by atoms with Crippen LogP contribution in [0.4, 0.5) is 0 Å². The molecule has 0 radical (unpaired) electrons. The number of hydrogen-bond acceptors (Lipinski definition) is 6. The highest BCUT2D eigenvalue weighted by molar-refractivity contribution is 5.81. The monoisotopic (exact) mass is 318 g/mol. The van der Waals surface area contributed by atoms with Gasteiger partial charge in [0.25, 0.3) is 5.71 Å². The zero-order valence-corrected chi connectivity index (χ0v) is 13.1. The summed E-state index contributed by atoms with van der Waals surface area (Å²) < 4.78 is 11.1. The summed E-state index contributed by atoms with van der Waals surface area (Å²) in [7, 11) is 0. The van der Waals surface area contributed by atoms with E-state index in [1.165, 1.54) is 0 Å². The van der Waals surface area contributed by atoms with Crippen molar-refractivity contribution in [2.24, 2.45) is 0 Å². The van der Waals surface area contributed by atoms with Gasteiger partial charge in [-0.1, -0.05) is 22.9 Å². The van der Waals surface area contributed by atoms with Crippen LogP contribution in [0.15, 0.2) is 45.5 Å². The predicted octanol–water partition coefficient (Wildman–Crippen LogP) is 4.13. The molecule has 4 aromatic rings. The molecule has 0 saturated heterocycles. The van der Waals surface area contributed by atoms with Gasteiger partial charge in [0.05, 0.1) is 16.6 Å². The molecule has 1 aromatic carbocycles. The van der Waals surface area contributed by atoms with Crippen LogP contribution in [0.1, 0.15) is 30.0 Å². The third-order valence-corrected chi connectivity index (χ3v) is 4.26. The maximum absolute atomic E-state index is 5.84. The van der Waals surface area contributed by atoms with E-state index in [2.05, 4.69) is 20.3 Å². The first-order valence-corrected chi connectivity index (χ1v) is 7.94. The highest BCUT2D eigenvalue weighted by Crippen LogP contribution is 2.42. The molecule has 3 heterocycles. The summed E-state index contributed by atoms with van der Waals surface area (Å²) in [6.45, 7) is 2.03. The lowest BCUT2D eigenvalue weighted by Crippen LogP contribution is -1.83. The van der Waals surface area contributed by atoms with Gasteiger partial charge >= 0.3 is 0 Å². The maximum atomic E-state index is 5.84. The molecule has 0 bridgehead atoms. The van der Waals surface area contributed by atoms with Gasteiger partial charge in [-0.15, -0.1) is 10.2 Å². The van der Waals surface area contributed by atoms with Crippen molar-refractivity contribution < 1.29 is 8.94 Å². The van der Waals surface area contributed by atoms with Crippen LogP contribution in [-0.2, 0) is 0 Å². The van der Waals surface area contributed by atoms with Crippen molar-refractivity contribution in [3.05, 3.63) is 47.8 Å². The van der Waals surface area contributed by atoms with Gasteiger partial charge in [-0.05, 0) is 38.0 Å². The number of aryl methyl sites for hydroxylation is 1. The average Bonchev–Trinajstić information content (AvgIpc) is 3.17. The van der Waals surface area contributed by atoms with Crippen LogP contribution in [0.3, 0.4) is 0 Å². The SMILES string of the molecule is Cc1cccc(-c2nnc(-c3cnc4onc(C5CC5)c4c3)o2)c1. The summed E-state index contributed by atoms with van der Waals surface area (Å²) in [5, 5.41) is 13.4. The fourth-order valence-corrected chi connectivity index (χ4v) is 2.85. The van der Waals surface area contributed by atoms with Crippen molar-refractivity contribution in [1.82, 2.24) is 20.3 Å². The minimum absolute atomic E-state index is 0.448. The molecule has 0 spiro atoms. The van der Waals surface area contributed by atoms with Gasteiger partial charge in [0.1, 0.15) is 0 Å². The van der Waals surface area contributed by atoms with E-state index in [0.29, 0.717) is 23.4 Å². The third-order valence-electron chi connectivity index (χ3n) is 4.26. The third kappa shape index (κ3) is 2.19. The molecular weight excluding hydrogens is 304 g/mol. The van der Waals surface area contributed by atoms with Crippen molar-refractivity contribution in [3.63, 3.8) is 0 Å². The molecule has 118 valence electrons.